The van der Waals surface area contributed by atoms with Crippen LogP contribution in [-0.4, -0.2) is 40.9 Å². The zero-order valence-electron chi connectivity index (χ0n) is 17.0. The molecule has 1 aromatic carbocycles. The fraction of sp³-hybridized carbons (Fsp3) is 0.318. The van der Waals surface area contributed by atoms with E-state index in [1.54, 1.807) is 12.4 Å². The maximum atomic E-state index is 12.8. The maximum absolute atomic E-state index is 12.8. The number of H-pyrrole nitrogens is 1. The summed E-state index contributed by atoms with van der Waals surface area (Å²) in [5.41, 5.74) is 4.36. The molecule has 3 aromatic heterocycles. The number of benzene rings is 1. The number of rotatable bonds is 4. The second-order valence-corrected chi connectivity index (χ2v) is 7.91. The van der Waals surface area contributed by atoms with E-state index in [2.05, 4.69) is 49.3 Å². The molecule has 0 saturated carbocycles. The van der Waals surface area contributed by atoms with E-state index in [9.17, 15) is 4.79 Å². The number of nitrogens with one attached hydrogen (secondary N) is 1. The van der Waals surface area contributed by atoms with Crippen LogP contribution in [0.4, 0.5) is 0 Å². The summed E-state index contributed by atoms with van der Waals surface area (Å²) in [7, 11) is 0. The molecule has 1 aliphatic rings. The molecule has 0 aliphatic carbocycles. The van der Waals surface area contributed by atoms with Gasteiger partial charge in [0, 0.05) is 37.9 Å². The first-order valence-corrected chi connectivity index (χ1v) is 10.2. The van der Waals surface area contributed by atoms with E-state index in [1.807, 2.05) is 18.2 Å². The van der Waals surface area contributed by atoms with Gasteiger partial charge >= 0.3 is 0 Å². The van der Waals surface area contributed by atoms with E-state index >= 15 is 0 Å². The first-order chi connectivity index (χ1) is 14.6. The molecule has 8 heteroatoms. The highest BCUT2D eigenvalue weighted by Crippen LogP contribution is 2.24. The third-order valence-electron chi connectivity index (χ3n) is 5.53. The van der Waals surface area contributed by atoms with Crippen molar-refractivity contribution in [2.75, 3.05) is 6.54 Å². The summed E-state index contributed by atoms with van der Waals surface area (Å²) in [5, 5.41) is 0. The summed E-state index contributed by atoms with van der Waals surface area (Å²) in [4.78, 5) is 35.5. The molecule has 0 spiro atoms. The summed E-state index contributed by atoms with van der Waals surface area (Å²) < 4.78 is 2.28. The van der Waals surface area contributed by atoms with E-state index in [0.29, 0.717) is 30.5 Å². The van der Waals surface area contributed by atoms with Crippen molar-refractivity contribution in [3.8, 4) is 11.4 Å². The van der Waals surface area contributed by atoms with Gasteiger partial charge in [-0.05, 0) is 26.0 Å². The van der Waals surface area contributed by atoms with Crippen LogP contribution in [-0.2, 0) is 19.5 Å². The Labute approximate surface area is 173 Å². The van der Waals surface area contributed by atoms with Gasteiger partial charge in [-0.2, -0.15) is 0 Å². The molecule has 0 atom stereocenters. The molecule has 1 N–H and O–H groups in total. The van der Waals surface area contributed by atoms with Crippen LogP contribution in [0.25, 0.3) is 22.4 Å². The van der Waals surface area contributed by atoms with Crippen LogP contribution >= 0.6 is 0 Å². The summed E-state index contributed by atoms with van der Waals surface area (Å²) in [6, 6.07) is 8.53. The van der Waals surface area contributed by atoms with Crippen LogP contribution < -0.4 is 5.56 Å². The van der Waals surface area contributed by atoms with E-state index < -0.39 is 0 Å². The first kappa shape index (κ1) is 18.6. The SMILES string of the molecule is CC(C)n1c(CN2CCc3nc(-c4cncnc4)[nH]c(=O)c3C2)nc2ccccc21. The van der Waals surface area contributed by atoms with Gasteiger partial charge in [0.1, 0.15) is 18.0 Å². The zero-order valence-corrected chi connectivity index (χ0v) is 17.0. The Morgan fingerprint density at radius 1 is 1.13 bits per heavy atom. The molecule has 0 saturated heterocycles. The number of fused-ring (bicyclic) bond motifs is 2. The Bertz CT molecular complexity index is 1260. The highest BCUT2D eigenvalue weighted by atomic mass is 16.1. The highest BCUT2D eigenvalue weighted by Gasteiger charge is 2.24. The number of hydrogen-bond donors (Lipinski definition) is 1. The molecule has 0 bridgehead atoms. The largest absolute Gasteiger partial charge is 0.324 e. The molecule has 5 rings (SSSR count). The average Bonchev–Trinajstić information content (AvgIpc) is 3.12. The van der Waals surface area contributed by atoms with Crippen LogP contribution in [0.5, 0.6) is 0 Å². The molecule has 0 unspecified atom stereocenters. The molecule has 0 amide bonds. The van der Waals surface area contributed by atoms with Crippen molar-refractivity contribution < 1.29 is 0 Å². The van der Waals surface area contributed by atoms with Gasteiger partial charge in [-0.25, -0.2) is 19.9 Å². The van der Waals surface area contributed by atoms with E-state index in [0.717, 1.165) is 41.1 Å². The lowest BCUT2D eigenvalue weighted by atomic mass is 10.1. The fourth-order valence-electron chi connectivity index (χ4n) is 4.16. The Morgan fingerprint density at radius 3 is 2.73 bits per heavy atom. The predicted octanol–water partition coefficient (Wildman–Crippen LogP) is 2.72. The highest BCUT2D eigenvalue weighted by molar-refractivity contribution is 5.76. The summed E-state index contributed by atoms with van der Waals surface area (Å²) in [6.07, 6.45) is 5.50. The normalized spacial score (nSPS) is 14.4. The number of aromatic amines is 1. The fourth-order valence-corrected chi connectivity index (χ4v) is 4.16. The van der Waals surface area contributed by atoms with E-state index in [4.69, 9.17) is 4.98 Å². The molecule has 152 valence electrons. The quantitative estimate of drug-likeness (QED) is 0.565. The molecule has 1 aliphatic heterocycles. The van der Waals surface area contributed by atoms with Gasteiger partial charge in [-0.1, -0.05) is 12.1 Å². The van der Waals surface area contributed by atoms with Crippen molar-refractivity contribution in [2.45, 2.75) is 39.4 Å². The second-order valence-electron chi connectivity index (χ2n) is 7.91. The van der Waals surface area contributed by atoms with Gasteiger partial charge < -0.3 is 9.55 Å². The summed E-state index contributed by atoms with van der Waals surface area (Å²) in [6.45, 7) is 6.43. The standard InChI is InChI=1S/C22H23N7O/c1-14(2)29-19-6-4-3-5-18(19)25-20(29)12-28-8-7-17-16(11-28)22(30)27-21(26-17)15-9-23-13-24-10-15/h3-6,9-10,13-14H,7-8,11-12H2,1-2H3,(H,26,27,30). The summed E-state index contributed by atoms with van der Waals surface area (Å²) >= 11 is 0. The Balaban J connectivity index is 1.44. The molecule has 8 nitrogen and oxygen atoms in total. The number of nitrogens with zero attached hydrogens (tertiary/aromatic N) is 6. The Morgan fingerprint density at radius 2 is 1.93 bits per heavy atom. The van der Waals surface area contributed by atoms with Gasteiger partial charge in [0.25, 0.3) is 5.56 Å². The van der Waals surface area contributed by atoms with Crippen molar-refractivity contribution in [3.63, 3.8) is 0 Å². The third kappa shape index (κ3) is 3.29. The zero-order chi connectivity index (χ0) is 20.7. The molecule has 0 radical (unpaired) electrons. The van der Waals surface area contributed by atoms with Crippen LogP contribution in [0.15, 0.2) is 47.8 Å². The van der Waals surface area contributed by atoms with Crippen molar-refractivity contribution in [1.29, 1.82) is 0 Å². The Hall–Kier alpha value is -3.39. The lowest BCUT2D eigenvalue weighted by Gasteiger charge is -2.28. The molecule has 0 fully saturated rings. The van der Waals surface area contributed by atoms with Gasteiger partial charge in [0.2, 0.25) is 0 Å². The molecule has 4 heterocycles. The number of hydrogen-bond acceptors (Lipinski definition) is 6. The number of aromatic nitrogens is 6. The van der Waals surface area contributed by atoms with Crippen molar-refractivity contribution in [1.82, 2.24) is 34.4 Å². The first-order valence-electron chi connectivity index (χ1n) is 10.2. The molecule has 30 heavy (non-hydrogen) atoms. The summed E-state index contributed by atoms with van der Waals surface area (Å²) in [5.74, 6) is 1.55. The topological polar surface area (TPSA) is 92.6 Å². The van der Waals surface area contributed by atoms with Crippen LogP contribution in [0, 0.1) is 0 Å². The maximum Gasteiger partial charge on any atom is 0.255 e. The second kappa shape index (κ2) is 7.46. The monoisotopic (exact) mass is 401 g/mol. The third-order valence-corrected chi connectivity index (χ3v) is 5.53. The number of imidazole rings is 1. The van der Waals surface area contributed by atoms with Crippen molar-refractivity contribution >= 4 is 11.0 Å². The Kier molecular flexibility index (Phi) is 4.63. The molecular formula is C22H23N7O. The van der Waals surface area contributed by atoms with Crippen LogP contribution in [0.1, 0.15) is 37.0 Å². The van der Waals surface area contributed by atoms with Gasteiger partial charge in [-0.15, -0.1) is 0 Å². The number of para-hydroxylation sites is 2. The van der Waals surface area contributed by atoms with Crippen LogP contribution in [0.2, 0.25) is 0 Å². The lowest BCUT2D eigenvalue weighted by molar-refractivity contribution is 0.232. The van der Waals surface area contributed by atoms with Gasteiger partial charge in [0.15, 0.2) is 0 Å². The van der Waals surface area contributed by atoms with Gasteiger partial charge in [-0.3, -0.25) is 9.69 Å². The van der Waals surface area contributed by atoms with Gasteiger partial charge in [0.05, 0.1) is 34.4 Å². The minimum atomic E-state index is -0.0964. The molecular weight excluding hydrogens is 378 g/mol. The van der Waals surface area contributed by atoms with E-state index in [-0.39, 0.29) is 5.56 Å². The lowest BCUT2D eigenvalue weighted by Crippen LogP contribution is -2.36. The minimum absolute atomic E-state index is 0.0964. The average molecular weight is 401 g/mol. The van der Waals surface area contributed by atoms with E-state index in [1.165, 1.54) is 6.33 Å². The predicted molar refractivity (Wildman–Crippen MR) is 114 cm³/mol. The molecule has 4 aromatic rings. The van der Waals surface area contributed by atoms with Crippen molar-refractivity contribution in [3.05, 3.63) is 70.4 Å². The van der Waals surface area contributed by atoms with Crippen LogP contribution in [0.3, 0.4) is 0 Å². The minimum Gasteiger partial charge on any atom is -0.324 e. The van der Waals surface area contributed by atoms with Crippen molar-refractivity contribution in [2.24, 2.45) is 0 Å². The smallest absolute Gasteiger partial charge is 0.255 e.